The maximum Gasteiger partial charge on any atom is 0.327 e. The molecule has 4 saturated carbocycles. The standard InChI is InChI=1S/C13H18O2/c14-12(15)1-2-13-6-9-3-10(7-13)5-11(4-9)8-13/h1-2,9-11H,3-8H2,(H,14,15). The van der Waals surface area contributed by atoms with Crippen molar-refractivity contribution in [1.82, 2.24) is 0 Å². The van der Waals surface area contributed by atoms with Crippen LogP contribution < -0.4 is 0 Å². The van der Waals surface area contributed by atoms with Gasteiger partial charge >= 0.3 is 5.97 Å². The van der Waals surface area contributed by atoms with Crippen molar-refractivity contribution in [2.45, 2.75) is 38.5 Å². The molecule has 0 atom stereocenters. The molecule has 15 heavy (non-hydrogen) atoms. The van der Waals surface area contributed by atoms with Crippen LogP contribution in [-0.2, 0) is 4.79 Å². The molecule has 82 valence electrons. The highest BCUT2D eigenvalue weighted by molar-refractivity contribution is 5.79. The highest BCUT2D eigenvalue weighted by Gasteiger charge is 2.49. The van der Waals surface area contributed by atoms with Crippen LogP contribution in [-0.4, -0.2) is 11.1 Å². The van der Waals surface area contributed by atoms with E-state index in [-0.39, 0.29) is 5.41 Å². The van der Waals surface area contributed by atoms with Gasteiger partial charge in [-0.2, -0.15) is 0 Å². The Bertz CT molecular complexity index is 281. The molecule has 0 aromatic rings. The number of aliphatic carboxylic acids is 1. The van der Waals surface area contributed by atoms with E-state index < -0.39 is 5.97 Å². The van der Waals surface area contributed by atoms with E-state index in [2.05, 4.69) is 0 Å². The topological polar surface area (TPSA) is 37.3 Å². The predicted molar refractivity (Wildman–Crippen MR) is 57.4 cm³/mol. The summed E-state index contributed by atoms with van der Waals surface area (Å²) in [6, 6.07) is 0. The molecule has 2 heteroatoms. The molecule has 4 bridgehead atoms. The van der Waals surface area contributed by atoms with Gasteiger partial charge in [-0.15, -0.1) is 0 Å². The Balaban J connectivity index is 1.84. The van der Waals surface area contributed by atoms with E-state index in [1.165, 1.54) is 44.6 Å². The molecule has 2 nitrogen and oxygen atoms in total. The van der Waals surface area contributed by atoms with Gasteiger partial charge in [-0.05, 0) is 61.7 Å². The van der Waals surface area contributed by atoms with Gasteiger partial charge in [-0.3, -0.25) is 0 Å². The number of allylic oxidation sites excluding steroid dienone is 1. The molecule has 4 aliphatic rings. The quantitative estimate of drug-likeness (QED) is 0.705. The normalized spacial score (nSPS) is 47.6. The highest BCUT2D eigenvalue weighted by atomic mass is 16.4. The zero-order valence-electron chi connectivity index (χ0n) is 8.98. The Morgan fingerprint density at radius 2 is 1.53 bits per heavy atom. The van der Waals surface area contributed by atoms with E-state index in [9.17, 15) is 4.79 Å². The van der Waals surface area contributed by atoms with Crippen molar-refractivity contribution in [3.05, 3.63) is 12.2 Å². The van der Waals surface area contributed by atoms with Crippen molar-refractivity contribution in [2.75, 3.05) is 0 Å². The summed E-state index contributed by atoms with van der Waals surface area (Å²) in [5.74, 6) is 1.91. The van der Waals surface area contributed by atoms with Crippen LogP contribution in [0.2, 0.25) is 0 Å². The Kier molecular flexibility index (Phi) is 1.95. The molecule has 0 unspecified atom stereocenters. The van der Waals surface area contributed by atoms with Crippen LogP contribution in [0.3, 0.4) is 0 Å². The van der Waals surface area contributed by atoms with E-state index in [4.69, 9.17) is 5.11 Å². The maximum absolute atomic E-state index is 10.6. The molecule has 4 aliphatic carbocycles. The van der Waals surface area contributed by atoms with E-state index >= 15 is 0 Å². The number of carbonyl (C=O) groups is 1. The molecule has 0 aromatic heterocycles. The van der Waals surface area contributed by atoms with Gasteiger partial charge in [0.05, 0.1) is 0 Å². The lowest BCUT2D eigenvalue weighted by Gasteiger charge is -2.55. The summed E-state index contributed by atoms with van der Waals surface area (Å²) in [7, 11) is 0. The second kappa shape index (κ2) is 3.10. The summed E-state index contributed by atoms with van der Waals surface area (Å²) in [5.41, 5.74) is 0.271. The average Bonchev–Trinajstić information content (AvgIpc) is 2.12. The van der Waals surface area contributed by atoms with Crippen LogP contribution in [0.25, 0.3) is 0 Å². The molecular weight excluding hydrogens is 188 g/mol. The molecule has 0 saturated heterocycles. The molecule has 0 radical (unpaired) electrons. The number of hydrogen-bond donors (Lipinski definition) is 1. The Morgan fingerprint density at radius 1 is 1.07 bits per heavy atom. The van der Waals surface area contributed by atoms with Crippen molar-refractivity contribution < 1.29 is 9.90 Å². The summed E-state index contributed by atoms with van der Waals surface area (Å²) in [5, 5.41) is 8.73. The first-order valence-corrected chi connectivity index (χ1v) is 6.07. The monoisotopic (exact) mass is 206 g/mol. The van der Waals surface area contributed by atoms with Gasteiger partial charge < -0.3 is 5.11 Å². The third-order valence-electron chi connectivity index (χ3n) is 4.67. The summed E-state index contributed by atoms with van der Waals surface area (Å²) in [6.07, 6.45) is 11.4. The van der Waals surface area contributed by atoms with Gasteiger partial charge in [0.2, 0.25) is 0 Å². The van der Waals surface area contributed by atoms with Crippen LogP contribution >= 0.6 is 0 Å². The van der Waals surface area contributed by atoms with E-state index in [1.807, 2.05) is 6.08 Å². The van der Waals surface area contributed by atoms with Gasteiger partial charge in [0, 0.05) is 6.08 Å². The fourth-order valence-electron chi connectivity index (χ4n) is 4.63. The SMILES string of the molecule is O=C(O)C=CC12CC3CC(CC(C3)C1)C2. The van der Waals surface area contributed by atoms with Crippen molar-refractivity contribution in [1.29, 1.82) is 0 Å². The molecule has 4 fully saturated rings. The Hall–Kier alpha value is -0.790. The fourth-order valence-corrected chi connectivity index (χ4v) is 4.63. The van der Waals surface area contributed by atoms with Crippen molar-refractivity contribution in [3.8, 4) is 0 Å². The van der Waals surface area contributed by atoms with Crippen LogP contribution in [0.5, 0.6) is 0 Å². The number of carboxylic acids is 1. The first-order valence-electron chi connectivity index (χ1n) is 6.07. The fraction of sp³-hybridized carbons (Fsp3) is 0.769. The third-order valence-corrected chi connectivity index (χ3v) is 4.67. The summed E-state index contributed by atoms with van der Waals surface area (Å²) < 4.78 is 0. The van der Waals surface area contributed by atoms with Crippen LogP contribution in [0.4, 0.5) is 0 Å². The third kappa shape index (κ3) is 1.60. The van der Waals surface area contributed by atoms with Gasteiger partial charge in [0.15, 0.2) is 0 Å². The number of hydrogen-bond acceptors (Lipinski definition) is 1. The average molecular weight is 206 g/mol. The summed E-state index contributed by atoms with van der Waals surface area (Å²) >= 11 is 0. The molecule has 1 N–H and O–H groups in total. The molecule has 0 amide bonds. The molecule has 0 aliphatic heterocycles. The van der Waals surface area contributed by atoms with Gasteiger partial charge in [-0.25, -0.2) is 4.79 Å². The van der Waals surface area contributed by atoms with Gasteiger partial charge in [0.25, 0.3) is 0 Å². The highest BCUT2D eigenvalue weighted by Crippen LogP contribution is 2.60. The van der Waals surface area contributed by atoms with Crippen molar-refractivity contribution in [3.63, 3.8) is 0 Å². The number of rotatable bonds is 2. The summed E-state index contributed by atoms with van der Waals surface area (Å²) in [6.45, 7) is 0. The summed E-state index contributed by atoms with van der Waals surface area (Å²) in [4.78, 5) is 10.6. The molecular formula is C13H18O2. The lowest BCUT2D eigenvalue weighted by molar-refractivity contribution is -0.131. The lowest BCUT2D eigenvalue weighted by Crippen LogP contribution is -2.45. The first-order chi connectivity index (χ1) is 7.15. The zero-order valence-corrected chi connectivity index (χ0v) is 8.98. The lowest BCUT2D eigenvalue weighted by atomic mass is 9.49. The first kappa shape index (κ1) is 9.44. The number of carboxylic acid groups (broad SMARTS) is 1. The molecule has 0 aromatic carbocycles. The second-order valence-electron chi connectivity index (χ2n) is 5.95. The van der Waals surface area contributed by atoms with Crippen LogP contribution in [0.1, 0.15) is 38.5 Å². The van der Waals surface area contributed by atoms with E-state index in [0.29, 0.717) is 0 Å². The predicted octanol–water partition coefficient (Wildman–Crippen LogP) is 2.84. The Morgan fingerprint density at radius 3 is 1.93 bits per heavy atom. The van der Waals surface area contributed by atoms with Crippen molar-refractivity contribution in [2.24, 2.45) is 23.2 Å². The van der Waals surface area contributed by atoms with E-state index in [1.54, 1.807) is 0 Å². The van der Waals surface area contributed by atoms with Crippen LogP contribution in [0, 0.1) is 23.2 Å². The van der Waals surface area contributed by atoms with Gasteiger partial charge in [-0.1, -0.05) is 6.08 Å². The second-order valence-corrected chi connectivity index (χ2v) is 5.95. The molecule has 0 spiro atoms. The van der Waals surface area contributed by atoms with Crippen molar-refractivity contribution >= 4 is 5.97 Å². The molecule has 0 heterocycles. The minimum atomic E-state index is -0.786. The van der Waals surface area contributed by atoms with E-state index in [0.717, 1.165) is 17.8 Å². The largest absolute Gasteiger partial charge is 0.478 e. The van der Waals surface area contributed by atoms with Gasteiger partial charge in [0.1, 0.15) is 0 Å². The minimum absolute atomic E-state index is 0.271. The molecule has 4 rings (SSSR count). The van der Waals surface area contributed by atoms with Crippen LogP contribution in [0.15, 0.2) is 12.2 Å². The Labute approximate surface area is 90.4 Å². The smallest absolute Gasteiger partial charge is 0.327 e. The zero-order chi connectivity index (χ0) is 10.5. The minimum Gasteiger partial charge on any atom is -0.478 e. The maximum atomic E-state index is 10.6.